The molecule has 7 aromatic carbocycles. The predicted molar refractivity (Wildman–Crippen MR) is 210 cm³/mol. The Morgan fingerprint density at radius 2 is 0.918 bits per heavy atom. The van der Waals surface area contributed by atoms with E-state index in [0.717, 1.165) is 54.9 Å². The minimum Gasteiger partial charge on any atom is -0.309 e. The Balaban J connectivity index is 1.08. The van der Waals surface area contributed by atoms with Crippen molar-refractivity contribution in [3.8, 4) is 33.5 Å². The highest BCUT2D eigenvalue weighted by Crippen LogP contribution is 2.44. The lowest BCUT2D eigenvalue weighted by atomic mass is 9.98. The quantitative estimate of drug-likeness (QED) is 0.166. The van der Waals surface area contributed by atoms with Crippen molar-refractivity contribution in [2.24, 2.45) is 0 Å². The first kappa shape index (κ1) is 29.5. The van der Waals surface area contributed by atoms with Crippen molar-refractivity contribution >= 4 is 65.5 Å². The predicted octanol–water partition coefficient (Wildman–Crippen LogP) is 11.2. The second-order valence-corrected chi connectivity index (χ2v) is 16.1. The molecule has 2 heterocycles. The van der Waals surface area contributed by atoms with Crippen molar-refractivity contribution in [2.45, 2.75) is 0 Å². The number of hydrogen-bond donors (Lipinski definition) is 0. The third-order valence-electron chi connectivity index (χ3n) is 9.38. The molecule has 0 atom stereocenters. The Kier molecular flexibility index (Phi) is 7.31. The van der Waals surface area contributed by atoms with Gasteiger partial charge >= 0.3 is 0 Å². The molecule has 9 rings (SSSR count). The van der Waals surface area contributed by atoms with Crippen LogP contribution in [0.5, 0.6) is 0 Å². The average molecular weight is 664 g/mol. The van der Waals surface area contributed by atoms with Crippen molar-refractivity contribution in [1.29, 1.82) is 0 Å². The highest BCUT2D eigenvalue weighted by atomic mass is 32.1. The van der Waals surface area contributed by atoms with Gasteiger partial charge in [-0.25, -0.2) is 4.98 Å². The number of aromatic nitrogens is 1. The van der Waals surface area contributed by atoms with Crippen molar-refractivity contribution in [2.75, 3.05) is 0 Å². The summed E-state index contributed by atoms with van der Waals surface area (Å²) in [6, 6.07) is 62.4. The Labute approximate surface area is 289 Å². The van der Waals surface area contributed by atoms with Gasteiger partial charge in [0.2, 0.25) is 0 Å². The first-order valence-corrected chi connectivity index (χ1v) is 18.9. The van der Waals surface area contributed by atoms with Crippen LogP contribution >= 0.6 is 18.5 Å². The fraction of sp³-hybridized carbons (Fsp3) is 0. The number of thiophene rings is 1. The second-order valence-electron chi connectivity index (χ2n) is 12.3. The topological polar surface area (TPSA) is 30.0 Å². The van der Waals surface area contributed by atoms with Gasteiger partial charge in [-0.2, -0.15) is 0 Å². The molecule has 0 spiro atoms. The smallest absolute Gasteiger partial charge is 0.171 e. The molecule has 0 aliphatic heterocycles. The van der Waals surface area contributed by atoms with Gasteiger partial charge in [0, 0.05) is 47.0 Å². The molecule has 9 aromatic rings. The van der Waals surface area contributed by atoms with Crippen LogP contribution in [0.2, 0.25) is 0 Å². The van der Waals surface area contributed by atoms with E-state index in [0.29, 0.717) is 0 Å². The SMILES string of the molecule is O=P(c1ccccc1)(c1ccccc1)c1ccc(-c2ccc(-c3ccc4nc(-c5ccccc5)c5c6ccccc6sc5c4c3)cc2)cc1. The standard InChI is InChI=1S/C45H30NOPS/c47-48(36-14-6-2-7-15-36,37-16-8-3-9-17-37)38-27-24-32(25-28-38)31-20-22-33(23-21-31)35-26-29-41-40(30-35)45-43(39-18-10-11-19-42(39)49-45)44(46-41)34-12-4-1-5-13-34/h1-30H. The Hall–Kier alpha value is -5.60. The molecular formula is C45H30NOPS. The fourth-order valence-electron chi connectivity index (χ4n) is 6.89. The molecule has 0 radical (unpaired) electrons. The van der Waals surface area contributed by atoms with Gasteiger partial charge in [-0.1, -0.05) is 164 Å². The number of pyridine rings is 1. The summed E-state index contributed by atoms with van der Waals surface area (Å²) in [6.45, 7) is 0. The van der Waals surface area contributed by atoms with E-state index in [2.05, 4.69) is 109 Å². The van der Waals surface area contributed by atoms with Crippen LogP contribution in [0.4, 0.5) is 0 Å². The maximum absolute atomic E-state index is 14.8. The molecule has 0 unspecified atom stereocenters. The monoisotopic (exact) mass is 663 g/mol. The van der Waals surface area contributed by atoms with Gasteiger partial charge in [0.05, 0.1) is 11.2 Å². The van der Waals surface area contributed by atoms with Crippen LogP contribution in [0.1, 0.15) is 0 Å². The molecule has 2 nitrogen and oxygen atoms in total. The first-order chi connectivity index (χ1) is 24.2. The maximum atomic E-state index is 14.8. The largest absolute Gasteiger partial charge is 0.309 e. The van der Waals surface area contributed by atoms with E-state index in [1.165, 1.54) is 25.6 Å². The van der Waals surface area contributed by atoms with Crippen LogP contribution in [0, 0.1) is 0 Å². The molecule has 0 fully saturated rings. The fourth-order valence-corrected chi connectivity index (χ4v) is 10.8. The molecule has 0 saturated carbocycles. The third kappa shape index (κ3) is 5.11. The molecule has 0 aliphatic rings. The van der Waals surface area contributed by atoms with Crippen LogP contribution in [-0.2, 0) is 4.57 Å². The second kappa shape index (κ2) is 12.1. The average Bonchev–Trinajstić information content (AvgIpc) is 3.58. The summed E-state index contributed by atoms with van der Waals surface area (Å²) in [5.41, 5.74) is 7.69. The Morgan fingerprint density at radius 3 is 1.55 bits per heavy atom. The van der Waals surface area contributed by atoms with Crippen molar-refractivity contribution in [3.05, 3.63) is 182 Å². The van der Waals surface area contributed by atoms with E-state index < -0.39 is 7.14 Å². The van der Waals surface area contributed by atoms with Gasteiger partial charge in [-0.05, 0) is 40.5 Å². The minimum absolute atomic E-state index is 0.831. The lowest BCUT2D eigenvalue weighted by molar-refractivity contribution is 0.592. The molecule has 0 N–H and O–H groups in total. The van der Waals surface area contributed by atoms with Gasteiger partial charge in [0.25, 0.3) is 0 Å². The van der Waals surface area contributed by atoms with Crippen LogP contribution in [0.25, 0.3) is 64.6 Å². The van der Waals surface area contributed by atoms with E-state index >= 15 is 0 Å². The van der Waals surface area contributed by atoms with Crippen LogP contribution in [0.3, 0.4) is 0 Å². The van der Waals surface area contributed by atoms with Crippen molar-refractivity contribution in [1.82, 2.24) is 4.98 Å². The number of fused-ring (bicyclic) bond motifs is 5. The summed E-state index contributed by atoms with van der Waals surface area (Å²) in [4.78, 5) is 5.23. The summed E-state index contributed by atoms with van der Waals surface area (Å²) in [6.07, 6.45) is 0. The zero-order chi connectivity index (χ0) is 32.8. The summed E-state index contributed by atoms with van der Waals surface area (Å²) in [5.74, 6) is 0. The number of hydrogen-bond acceptors (Lipinski definition) is 3. The van der Waals surface area contributed by atoms with E-state index in [1.54, 1.807) is 0 Å². The third-order valence-corrected chi connectivity index (χ3v) is 13.7. The molecule has 0 amide bonds. The van der Waals surface area contributed by atoms with Gasteiger partial charge < -0.3 is 4.57 Å². The van der Waals surface area contributed by atoms with Gasteiger partial charge in [0.1, 0.15) is 0 Å². The molecule has 49 heavy (non-hydrogen) atoms. The van der Waals surface area contributed by atoms with Crippen molar-refractivity contribution in [3.63, 3.8) is 0 Å². The Bertz CT molecular complexity index is 2610. The first-order valence-electron chi connectivity index (χ1n) is 16.4. The molecule has 232 valence electrons. The lowest BCUT2D eigenvalue weighted by Crippen LogP contribution is -2.24. The summed E-state index contributed by atoms with van der Waals surface area (Å²) >= 11 is 1.84. The lowest BCUT2D eigenvalue weighted by Gasteiger charge is -2.20. The summed E-state index contributed by atoms with van der Waals surface area (Å²) in [5, 5.41) is 6.16. The molecule has 4 heteroatoms. The molecular weight excluding hydrogens is 634 g/mol. The van der Waals surface area contributed by atoms with Crippen LogP contribution < -0.4 is 15.9 Å². The maximum Gasteiger partial charge on any atom is 0.171 e. The van der Waals surface area contributed by atoms with E-state index in [9.17, 15) is 4.57 Å². The van der Waals surface area contributed by atoms with E-state index in [-0.39, 0.29) is 0 Å². The minimum atomic E-state index is -3.01. The summed E-state index contributed by atoms with van der Waals surface area (Å²) in [7, 11) is -3.01. The molecule has 0 bridgehead atoms. The van der Waals surface area contributed by atoms with E-state index in [4.69, 9.17) is 4.98 Å². The zero-order valence-electron chi connectivity index (χ0n) is 26.5. The Morgan fingerprint density at radius 1 is 0.429 bits per heavy atom. The zero-order valence-corrected chi connectivity index (χ0v) is 28.2. The number of benzene rings is 7. The summed E-state index contributed by atoms with van der Waals surface area (Å²) < 4.78 is 17.3. The van der Waals surface area contributed by atoms with Gasteiger partial charge in [0.15, 0.2) is 7.14 Å². The van der Waals surface area contributed by atoms with E-state index in [1.807, 2.05) is 84.1 Å². The normalized spacial score (nSPS) is 11.8. The van der Waals surface area contributed by atoms with Gasteiger partial charge in [-0.3, -0.25) is 0 Å². The van der Waals surface area contributed by atoms with Crippen LogP contribution in [-0.4, -0.2) is 4.98 Å². The van der Waals surface area contributed by atoms with Crippen LogP contribution in [0.15, 0.2) is 182 Å². The number of nitrogens with zero attached hydrogens (tertiary/aromatic N) is 1. The molecule has 0 aliphatic carbocycles. The molecule has 2 aromatic heterocycles. The number of rotatable bonds is 6. The molecule has 0 saturated heterocycles. The van der Waals surface area contributed by atoms with Crippen molar-refractivity contribution < 1.29 is 4.57 Å². The highest BCUT2D eigenvalue weighted by molar-refractivity contribution is 7.85. The van der Waals surface area contributed by atoms with Gasteiger partial charge in [-0.15, -0.1) is 11.3 Å². The highest BCUT2D eigenvalue weighted by Gasteiger charge is 2.29.